The van der Waals surface area contributed by atoms with Crippen molar-refractivity contribution >= 4 is 39.5 Å². The number of nitrogens with two attached hydrogens (primary N) is 1. The highest BCUT2D eigenvalue weighted by molar-refractivity contribution is 9.10. The molecule has 20 heavy (non-hydrogen) atoms. The van der Waals surface area contributed by atoms with Crippen molar-refractivity contribution in [1.29, 1.82) is 0 Å². The van der Waals surface area contributed by atoms with Gasteiger partial charge in [-0.05, 0) is 66.3 Å². The maximum Gasteiger partial charge on any atom is 0.184 e. The second-order valence-electron chi connectivity index (χ2n) is 3.86. The first kappa shape index (κ1) is 14.5. The molecule has 0 bridgehead atoms. The van der Waals surface area contributed by atoms with Gasteiger partial charge in [-0.1, -0.05) is 15.9 Å². The summed E-state index contributed by atoms with van der Waals surface area (Å²) < 4.78 is 6.72. The van der Waals surface area contributed by atoms with Crippen LogP contribution in [-0.4, -0.2) is 11.3 Å². The van der Waals surface area contributed by atoms with Crippen molar-refractivity contribution in [3.8, 4) is 11.5 Å². The monoisotopic (exact) mass is 349 g/mol. The summed E-state index contributed by atoms with van der Waals surface area (Å²) in [6.45, 7) is 0. The van der Waals surface area contributed by atoms with Gasteiger partial charge in [-0.15, -0.1) is 0 Å². The van der Waals surface area contributed by atoms with E-state index in [1.165, 1.54) is 0 Å². The molecule has 0 aliphatic rings. The average Bonchev–Trinajstić information content (AvgIpc) is 2.43. The predicted octanol–water partition coefficient (Wildman–Crippen LogP) is 3.41. The first-order chi connectivity index (χ1) is 9.63. The van der Waals surface area contributed by atoms with Gasteiger partial charge in [0, 0.05) is 4.47 Å². The van der Waals surface area contributed by atoms with Crippen LogP contribution in [0.3, 0.4) is 0 Å². The Bertz CT molecular complexity index is 611. The molecule has 6 heteroatoms. The maximum absolute atomic E-state index is 5.71. The van der Waals surface area contributed by atoms with Gasteiger partial charge < -0.3 is 10.5 Å². The van der Waals surface area contributed by atoms with E-state index >= 15 is 0 Å². The molecule has 0 amide bonds. The van der Waals surface area contributed by atoms with E-state index in [1.807, 2.05) is 48.5 Å². The first-order valence-electron chi connectivity index (χ1n) is 5.75. The quantitative estimate of drug-likeness (QED) is 0.504. The van der Waals surface area contributed by atoms with Crippen molar-refractivity contribution in [2.24, 2.45) is 10.8 Å². The van der Waals surface area contributed by atoms with Crippen LogP contribution in [0.25, 0.3) is 0 Å². The molecule has 0 aromatic heterocycles. The van der Waals surface area contributed by atoms with Gasteiger partial charge >= 0.3 is 0 Å². The van der Waals surface area contributed by atoms with Gasteiger partial charge in [0.25, 0.3) is 0 Å². The molecular formula is C14H12BrN3OS. The zero-order valence-electron chi connectivity index (χ0n) is 10.4. The molecule has 0 radical (unpaired) electrons. The Balaban J connectivity index is 1.99. The zero-order chi connectivity index (χ0) is 14.4. The second kappa shape index (κ2) is 7.02. The molecule has 3 N–H and O–H groups in total. The molecular weight excluding hydrogens is 338 g/mol. The predicted molar refractivity (Wildman–Crippen MR) is 88.2 cm³/mol. The lowest BCUT2D eigenvalue weighted by molar-refractivity contribution is 0.482. The summed E-state index contributed by atoms with van der Waals surface area (Å²) in [5.41, 5.74) is 8.67. The van der Waals surface area contributed by atoms with Crippen LogP contribution in [0.2, 0.25) is 0 Å². The number of nitrogens with one attached hydrogen (secondary N) is 1. The topological polar surface area (TPSA) is 59.6 Å². The van der Waals surface area contributed by atoms with Crippen molar-refractivity contribution in [2.75, 3.05) is 0 Å². The number of ether oxygens (including phenoxy) is 1. The summed E-state index contributed by atoms with van der Waals surface area (Å²) in [6.07, 6.45) is 1.63. The third kappa shape index (κ3) is 4.64. The molecule has 0 unspecified atom stereocenters. The van der Waals surface area contributed by atoms with Gasteiger partial charge in [0.1, 0.15) is 11.5 Å². The van der Waals surface area contributed by atoms with Crippen molar-refractivity contribution < 1.29 is 4.74 Å². The van der Waals surface area contributed by atoms with Gasteiger partial charge in [0.05, 0.1) is 6.21 Å². The molecule has 0 spiro atoms. The molecule has 0 aliphatic heterocycles. The Hall–Kier alpha value is -1.92. The van der Waals surface area contributed by atoms with Gasteiger partial charge in [-0.3, -0.25) is 5.43 Å². The lowest BCUT2D eigenvalue weighted by Crippen LogP contribution is -2.23. The molecule has 0 aliphatic carbocycles. The number of hydrazone groups is 1. The molecule has 2 aromatic rings. The molecule has 0 heterocycles. The summed E-state index contributed by atoms with van der Waals surface area (Å²) in [5.74, 6) is 1.54. The van der Waals surface area contributed by atoms with E-state index in [9.17, 15) is 0 Å². The van der Waals surface area contributed by atoms with Crippen molar-refractivity contribution in [3.63, 3.8) is 0 Å². The van der Waals surface area contributed by atoms with Crippen LogP contribution in [0.15, 0.2) is 58.1 Å². The SMILES string of the molecule is NC(=S)NN=Cc1ccc(Oc2ccc(Br)cc2)cc1. The maximum atomic E-state index is 5.71. The molecule has 2 rings (SSSR count). The number of nitrogens with zero attached hydrogens (tertiary/aromatic N) is 1. The molecule has 4 nitrogen and oxygen atoms in total. The standard InChI is InChI=1S/C14H12BrN3OS/c15-11-3-7-13(8-4-11)19-12-5-1-10(2-6-12)9-17-18-14(16)20/h1-9H,(H3,16,18,20). The number of benzene rings is 2. The third-order valence-corrected chi connectivity index (χ3v) is 2.94. The lowest BCUT2D eigenvalue weighted by atomic mass is 10.2. The van der Waals surface area contributed by atoms with E-state index in [0.717, 1.165) is 21.5 Å². The molecule has 0 atom stereocenters. The van der Waals surface area contributed by atoms with Crippen LogP contribution < -0.4 is 15.9 Å². The highest BCUT2D eigenvalue weighted by atomic mass is 79.9. The minimum atomic E-state index is 0.136. The zero-order valence-corrected chi connectivity index (χ0v) is 12.8. The van der Waals surface area contributed by atoms with E-state index in [1.54, 1.807) is 6.21 Å². The number of hydrogen-bond acceptors (Lipinski definition) is 3. The minimum Gasteiger partial charge on any atom is -0.457 e. The van der Waals surface area contributed by atoms with Crippen molar-refractivity contribution in [1.82, 2.24) is 5.43 Å². The Morgan fingerprint density at radius 3 is 2.20 bits per heavy atom. The first-order valence-corrected chi connectivity index (χ1v) is 6.95. The van der Waals surface area contributed by atoms with E-state index in [4.69, 9.17) is 10.5 Å². The molecule has 0 saturated heterocycles. The van der Waals surface area contributed by atoms with E-state index < -0.39 is 0 Å². The van der Waals surface area contributed by atoms with E-state index in [0.29, 0.717) is 0 Å². The Morgan fingerprint density at radius 2 is 1.65 bits per heavy atom. The van der Waals surface area contributed by atoms with Gasteiger partial charge in [0.15, 0.2) is 5.11 Å². The summed E-state index contributed by atoms with van der Waals surface area (Å²) in [4.78, 5) is 0. The summed E-state index contributed by atoms with van der Waals surface area (Å²) in [5, 5.41) is 4.01. The van der Waals surface area contributed by atoms with E-state index in [-0.39, 0.29) is 5.11 Å². The molecule has 0 fully saturated rings. The molecule has 2 aromatic carbocycles. The highest BCUT2D eigenvalue weighted by Gasteiger charge is 1.97. The number of thiocarbonyl (C=S) groups is 1. The second-order valence-corrected chi connectivity index (χ2v) is 5.21. The fourth-order valence-electron chi connectivity index (χ4n) is 1.43. The number of hydrogen-bond donors (Lipinski definition) is 2. The van der Waals surface area contributed by atoms with Crippen molar-refractivity contribution in [3.05, 3.63) is 58.6 Å². The molecule has 0 saturated carbocycles. The number of halogens is 1. The average molecular weight is 350 g/mol. The van der Waals surface area contributed by atoms with Crippen molar-refractivity contribution in [2.45, 2.75) is 0 Å². The van der Waals surface area contributed by atoms with Gasteiger partial charge in [-0.2, -0.15) is 5.10 Å². The fraction of sp³-hybridized carbons (Fsp3) is 0. The van der Waals surface area contributed by atoms with Crippen LogP contribution in [0, 0.1) is 0 Å². The Labute approximate surface area is 130 Å². The van der Waals surface area contributed by atoms with Gasteiger partial charge in [0.2, 0.25) is 0 Å². The summed E-state index contributed by atoms with van der Waals surface area (Å²) in [7, 11) is 0. The van der Waals surface area contributed by atoms with Crippen LogP contribution >= 0.6 is 28.1 Å². The normalized spacial score (nSPS) is 10.4. The smallest absolute Gasteiger partial charge is 0.184 e. The van der Waals surface area contributed by atoms with Gasteiger partial charge in [-0.25, -0.2) is 0 Å². The highest BCUT2D eigenvalue weighted by Crippen LogP contribution is 2.23. The summed E-state index contributed by atoms with van der Waals surface area (Å²) >= 11 is 8.02. The Morgan fingerprint density at radius 1 is 1.10 bits per heavy atom. The van der Waals surface area contributed by atoms with Crippen LogP contribution in [0.1, 0.15) is 5.56 Å². The summed E-state index contributed by atoms with van der Waals surface area (Å²) in [6, 6.07) is 15.2. The van der Waals surface area contributed by atoms with E-state index in [2.05, 4.69) is 38.7 Å². The Kier molecular flexibility index (Phi) is 5.09. The largest absolute Gasteiger partial charge is 0.457 e. The lowest BCUT2D eigenvalue weighted by Gasteiger charge is -2.05. The number of rotatable bonds is 4. The molecule has 102 valence electrons. The third-order valence-electron chi connectivity index (χ3n) is 2.32. The van der Waals surface area contributed by atoms with Crippen LogP contribution in [-0.2, 0) is 0 Å². The minimum absolute atomic E-state index is 0.136. The van der Waals surface area contributed by atoms with Crippen LogP contribution in [0.5, 0.6) is 11.5 Å². The fourth-order valence-corrected chi connectivity index (χ4v) is 1.75. The van der Waals surface area contributed by atoms with Crippen LogP contribution in [0.4, 0.5) is 0 Å².